The van der Waals surface area contributed by atoms with E-state index in [2.05, 4.69) is 5.32 Å². The van der Waals surface area contributed by atoms with Crippen molar-refractivity contribution in [2.45, 2.75) is 25.4 Å². The lowest BCUT2D eigenvalue weighted by atomic mass is 9.83. The molecule has 0 radical (unpaired) electrons. The predicted octanol–water partition coefficient (Wildman–Crippen LogP) is 4.64. The largest absolute Gasteiger partial charge is 0.497 e. The van der Waals surface area contributed by atoms with Gasteiger partial charge in [0, 0.05) is 24.2 Å². The summed E-state index contributed by atoms with van der Waals surface area (Å²) in [4.78, 5) is 28.0. The summed E-state index contributed by atoms with van der Waals surface area (Å²) in [6.07, 6.45) is 0.682. The van der Waals surface area contributed by atoms with Gasteiger partial charge in [0.2, 0.25) is 11.8 Å². The molecule has 5 nitrogen and oxygen atoms in total. The summed E-state index contributed by atoms with van der Waals surface area (Å²) < 4.78 is 19.2. The van der Waals surface area contributed by atoms with Gasteiger partial charge in [-0.2, -0.15) is 0 Å². The summed E-state index contributed by atoms with van der Waals surface area (Å²) >= 11 is 0. The van der Waals surface area contributed by atoms with Crippen LogP contribution in [0.2, 0.25) is 0 Å². The third-order valence-corrected chi connectivity index (χ3v) is 5.84. The fraction of sp³-hybridized carbons (Fsp3) is 0.231. The monoisotopic (exact) mass is 432 g/mol. The van der Waals surface area contributed by atoms with E-state index in [-0.39, 0.29) is 30.6 Å². The first-order chi connectivity index (χ1) is 15.6. The van der Waals surface area contributed by atoms with Crippen LogP contribution in [-0.4, -0.2) is 18.9 Å². The second-order valence-electron chi connectivity index (χ2n) is 7.77. The SMILES string of the molecule is COc1ccc(N2C(=O)CC[C@H](C(=O)NCc3ccccc3F)[C@H]2c2ccccc2)cc1. The molecule has 6 heteroatoms. The summed E-state index contributed by atoms with van der Waals surface area (Å²) in [5.41, 5.74) is 2.01. The minimum atomic E-state index is -0.469. The number of amides is 2. The quantitative estimate of drug-likeness (QED) is 0.618. The molecule has 0 spiro atoms. The number of nitrogens with zero attached hydrogens (tertiary/aromatic N) is 1. The number of rotatable bonds is 6. The van der Waals surface area contributed by atoms with Crippen molar-refractivity contribution in [1.82, 2.24) is 5.32 Å². The molecular weight excluding hydrogens is 407 g/mol. The Labute approximate surface area is 186 Å². The smallest absolute Gasteiger partial charge is 0.227 e. The minimum Gasteiger partial charge on any atom is -0.497 e. The molecule has 1 aliphatic rings. The maximum Gasteiger partial charge on any atom is 0.227 e. The van der Waals surface area contributed by atoms with Crippen LogP contribution in [0.25, 0.3) is 0 Å². The lowest BCUT2D eigenvalue weighted by Gasteiger charge is -2.41. The van der Waals surface area contributed by atoms with E-state index >= 15 is 0 Å². The van der Waals surface area contributed by atoms with Crippen LogP contribution in [0.5, 0.6) is 5.75 Å². The molecule has 164 valence electrons. The van der Waals surface area contributed by atoms with E-state index in [1.807, 2.05) is 42.5 Å². The van der Waals surface area contributed by atoms with Crippen molar-refractivity contribution in [2.24, 2.45) is 5.92 Å². The van der Waals surface area contributed by atoms with E-state index in [9.17, 15) is 14.0 Å². The Hall–Kier alpha value is -3.67. The second kappa shape index (κ2) is 9.64. The fourth-order valence-corrected chi connectivity index (χ4v) is 4.20. The minimum absolute atomic E-state index is 0.0397. The normalized spacial score (nSPS) is 18.3. The maximum absolute atomic E-state index is 14.0. The molecule has 1 heterocycles. The maximum atomic E-state index is 14.0. The molecule has 0 bridgehead atoms. The summed E-state index contributed by atoms with van der Waals surface area (Å²) in [6, 6.07) is 22.7. The van der Waals surface area contributed by atoms with Crippen molar-refractivity contribution in [3.63, 3.8) is 0 Å². The van der Waals surface area contributed by atoms with Gasteiger partial charge in [-0.15, -0.1) is 0 Å². The standard InChI is InChI=1S/C26H25FN2O3/c1-32-21-13-11-20(12-14-21)29-24(30)16-15-22(25(29)18-7-3-2-4-8-18)26(31)28-17-19-9-5-6-10-23(19)27/h2-14,22,25H,15-17H2,1H3,(H,28,31)/t22-,25+/m0/s1. The highest BCUT2D eigenvalue weighted by atomic mass is 19.1. The van der Waals surface area contributed by atoms with Gasteiger partial charge in [0.25, 0.3) is 0 Å². The van der Waals surface area contributed by atoms with Crippen molar-refractivity contribution in [2.75, 3.05) is 12.0 Å². The number of nitrogens with one attached hydrogen (secondary N) is 1. The van der Waals surface area contributed by atoms with Gasteiger partial charge in [0.1, 0.15) is 11.6 Å². The van der Waals surface area contributed by atoms with Crippen molar-refractivity contribution in [1.29, 1.82) is 0 Å². The number of hydrogen-bond donors (Lipinski definition) is 1. The fourth-order valence-electron chi connectivity index (χ4n) is 4.20. The molecular formula is C26H25FN2O3. The molecule has 1 aliphatic heterocycles. The molecule has 3 aromatic rings. The predicted molar refractivity (Wildman–Crippen MR) is 121 cm³/mol. The van der Waals surface area contributed by atoms with E-state index in [0.717, 1.165) is 5.56 Å². The van der Waals surface area contributed by atoms with Crippen molar-refractivity contribution < 1.29 is 18.7 Å². The Morgan fingerprint density at radius 3 is 2.41 bits per heavy atom. The van der Waals surface area contributed by atoms with Gasteiger partial charge in [-0.05, 0) is 42.3 Å². The molecule has 1 saturated heterocycles. The average molecular weight is 432 g/mol. The average Bonchev–Trinajstić information content (AvgIpc) is 2.84. The molecule has 4 rings (SSSR count). The van der Waals surface area contributed by atoms with Gasteiger partial charge < -0.3 is 15.0 Å². The summed E-state index contributed by atoms with van der Waals surface area (Å²) in [7, 11) is 1.59. The van der Waals surface area contributed by atoms with Gasteiger partial charge in [-0.3, -0.25) is 9.59 Å². The number of carbonyl (C=O) groups excluding carboxylic acids is 2. The number of benzene rings is 3. The van der Waals surface area contributed by atoms with Crippen LogP contribution >= 0.6 is 0 Å². The Bertz CT molecular complexity index is 1090. The zero-order valence-corrected chi connectivity index (χ0v) is 17.8. The number of anilines is 1. The van der Waals surface area contributed by atoms with Crippen molar-refractivity contribution >= 4 is 17.5 Å². The molecule has 0 aliphatic carbocycles. The summed E-state index contributed by atoms with van der Waals surface area (Å²) in [5, 5.41) is 2.88. The van der Waals surface area contributed by atoms with Crippen LogP contribution in [0, 0.1) is 11.7 Å². The summed E-state index contributed by atoms with van der Waals surface area (Å²) in [5.74, 6) is -0.376. The third-order valence-electron chi connectivity index (χ3n) is 5.84. The molecule has 3 aromatic carbocycles. The number of ether oxygens (including phenoxy) is 1. The van der Waals surface area contributed by atoms with Crippen LogP contribution < -0.4 is 15.0 Å². The van der Waals surface area contributed by atoms with E-state index in [1.165, 1.54) is 6.07 Å². The Morgan fingerprint density at radius 2 is 1.72 bits per heavy atom. The Morgan fingerprint density at radius 1 is 1.03 bits per heavy atom. The highest BCUT2D eigenvalue weighted by molar-refractivity contribution is 5.97. The molecule has 2 atom stereocenters. The highest BCUT2D eigenvalue weighted by Gasteiger charge is 2.41. The summed E-state index contributed by atoms with van der Waals surface area (Å²) in [6.45, 7) is 0.0972. The topological polar surface area (TPSA) is 58.6 Å². The van der Waals surface area contributed by atoms with Crippen LogP contribution in [0.15, 0.2) is 78.9 Å². The van der Waals surface area contributed by atoms with Crippen LogP contribution in [0.1, 0.15) is 30.0 Å². The van der Waals surface area contributed by atoms with Crippen molar-refractivity contribution in [3.05, 3.63) is 95.8 Å². The molecule has 0 aromatic heterocycles. The lowest BCUT2D eigenvalue weighted by Crippen LogP contribution is -2.48. The van der Waals surface area contributed by atoms with Gasteiger partial charge >= 0.3 is 0 Å². The second-order valence-corrected chi connectivity index (χ2v) is 7.77. The number of methoxy groups -OCH3 is 1. The molecule has 2 amide bonds. The zero-order chi connectivity index (χ0) is 22.5. The van der Waals surface area contributed by atoms with Crippen LogP contribution in [0.4, 0.5) is 10.1 Å². The Kier molecular flexibility index (Phi) is 6.50. The van der Waals surface area contributed by atoms with Crippen molar-refractivity contribution in [3.8, 4) is 5.75 Å². The molecule has 0 unspecified atom stereocenters. The molecule has 0 saturated carbocycles. The van der Waals surface area contributed by atoms with Gasteiger partial charge in [-0.1, -0.05) is 48.5 Å². The van der Waals surface area contributed by atoms with E-state index < -0.39 is 12.0 Å². The van der Waals surface area contributed by atoms with Gasteiger partial charge in [0.15, 0.2) is 0 Å². The van der Waals surface area contributed by atoms with Crippen LogP contribution in [-0.2, 0) is 16.1 Å². The Balaban J connectivity index is 1.65. The first-order valence-electron chi connectivity index (χ1n) is 10.6. The van der Waals surface area contributed by atoms with E-state index in [0.29, 0.717) is 23.4 Å². The molecule has 32 heavy (non-hydrogen) atoms. The first-order valence-corrected chi connectivity index (χ1v) is 10.6. The zero-order valence-electron chi connectivity index (χ0n) is 17.8. The third kappa shape index (κ3) is 4.49. The van der Waals surface area contributed by atoms with Gasteiger partial charge in [0.05, 0.1) is 19.1 Å². The molecule has 1 fully saturated rings. The number of carbonyl (C=O) groups is 2. The number of hydrogen-bond acceptors (Lipinski definition) is 3. The van der Waals surface area contributed by atoms with Crippen LogP contribution in [0.3, 0.4) is 0 Å². The first kappa shape index (κ1) is 21.6. The van der Waals surface area contributed by atoms with E-state index in [4.69, 9.17) is 4.74 Å². The number of halogens is 1. The number of piperidine rings is 1. The highest BCUT2D eigenvalue weighted by Crippen LogP contribution is 2.40. The molecule has 1 N–H and O–H groups in total. The van der Waals surface area contributed by atoms with Gasteiger partial charge in [-0.25, -0.2) is 4.39 Å². The van der Waals surface area contributed by atoms with E-state index in [1.54, 1.807) is 42.3 Å². The lowest BCUT2D eigenvalue weighted by molar-refractivity contribution is -0.129.